The third-order valence-corrected chi connectivity index (χ3v) is 6.11. The highest BCUT2D eigenvalue weighted by atomic mass is 79.9. The SMILES string of the molecule is CCC(CC)N(C)C(=O)CN(C)S(=O)(=O)c1ccc(Br)cc1. The predicted molar refractivity (Wildman–Crippen MR) is 91.1 cm³/mol. The number of benzene rings is 1. The maximum Gasteiger partial charge on any atom is 0.243 e. The number of hydrogen-bond donors (Lipinski definition) is 0. The summed E-state index contributed by atoms with van der Waals surface area (Å²) >= 11 is 3.27. The molecule has 0 heterocycles. The van der Waals surface area contributed by atoms with Crippen molar-refractivity contribution >= 4 is 31.9 Å². The minimum Gasteiger partial charge on any atom is -0.342 e. The number of rotatable bonds is 7. The molecular weight excluding hydrogens is 368 g/mol. The fourth-order valence-electron chi connectivity index (χ4n) is 2.21. The maximum atomic E-state index is 12.5. The van der Waals surface area contributed by atoms with Crippen molar-refractivity contribution in [2.24, 2.45) is 0 Å². The average Bonchev–Trinajstić information content (AvgIpc) is 2.48. The van der Waals surface area contributed by atoms with Gasteiger partial charge in [-0.2, -0.15) is 4.31 Å². The Kier molecular flexibility index (Phi) is 7.02. The lowest BCUT2D eigenvalue weighted by Gasteiger charge is -2.28. The Morgan fingerprint density at radius 2 is 1.64 bits per heavy atom. The molecule has 0 saturated carbocycles. The van der Waals surface area contributed by atoms with E-state index in [-0.39, 0.29) is 23.4 Å². The molecule has 0 aliphatic carbocycles. The second-order valence-corrected chi connectivity index (χ2v) is 8.15. The van der Waals surface area contributed by atoms with Crippen LogP contribution in [0.25, 0.3) is 0 Å². The number of carbonyl (C=O) groups is 1. The van der Waals surface area contributed by atoms with Gasteiger partial charge in [-0.05, 0) is 37.1 Å². The van der Waals surface area contributed by atoms with Crippen molar-refractivity contribution in [3.05, 3.63) is 28.7 Å². The highest BCUT2D eigenvalue weighted by molar-refractivity contribution is 9.10. The molecule has 0 atom stereocenters. The molecule has 0 aliphatic heterocycles. The van der Waals surface area contributed by atoms with Crippen molar-refractivity contribution < 1.29 is 13.2 Å². The van der Waals surface area contributed by atoms with Gasteiger partial charge in [0.25, 0.3) is 0 Å². The first-order valence-electron chi connectivity index (χ1n) is 7.21. The highest BCUT2D eigenvalue weighted by Crippen LogP contribution is 2.18. The van der Waals surface area contributed by atoms with Crippen molar-refractivity contribution in [2.45, 2.75) is 37.6 Å². The zero-order chi connectivity index (χ0) is 16.9. The van der Waals surface area contributed by atoms with Crippen LogP contribution in [0, 0.1) is 0 Å². The van der Waals surface area contributed by atoms with Gasteiger partial charge < -0.3 is 4.90 Å². The Hall–Kier alpha value is -0.920. The molecule has 0 radical (unpaired) electrons. The van der Waals surface area contributed by atoms with Crippen LogP contribution in [0.4, 0.5) is 0 Å². The number of sulfonamides is 1. The summed E-state index contributed by atoms with van der Waals surface area (Å²) in [5.74, 6) is -0.197. The van der Waals surface area contributed by atoms with E-state index in [9.17, 15) is 13.2 Å². The lowest BCUT2D eigenvalue weighted by atomic mass is 10.1. The number of nitrogens with zero attached hydrogens (tertiary/aromatic N) is 2. The Morgan fingerprint density at radius 1 is 1.14 bits per heavy atom. The summed E-state index contributed by atoms with van der Waals surface area (Å²) in [6.45, 7) is 3.87. The van der Waals surface area contributed by atoms with Gasteiger partial charge in [0.15, 0.2) is 0 Å². The van der Waals surface area contributed by atoms with Crippen LogP contribution in [-0.4, -0.2) is 50.2 Å². The van der Waals surface area contributed by atoms with Crippen LogP contribution in [0.2, 0.25) is 0 Å². The van der Waals surface area contributed by atoms with E-state index in [2.05, 4.69) is 15.9 Å². The first-order chi connectivity index (χ1) is 10.2. The molecule has 0 saturated heterocycles. The quantitative estimate of drug-likeness (QED) is 0.718. The molecule has 0 aliphatic rings. The standard InChI is InChI=1S/C15H23BrN2O3S/c1-5-13(6-2)18(4)15(19)11-17(3)22(20,21)14-9-7-12(16)8-10-14/h7-10,13H,5-6,11H2,1-4H3. The molecule has 7 heteroatoms. The molecule has 0 unspecified atom stereocenters. The first kappa shape index (κ1) is 19.1. The lowest BCUT2D eigenvalue weighted by molar-refractivity contribution is -0.132. The van der Waals surface area contributed by atoms with Gasteiger partial charge in [-0.1, -0.05) is 29.8 Å². The minimum absolute atomic E-state index is 0.135. The van der Waals surface area contributed by atoms with Gasteiger partial charge in [-0.15, -0.1) is 0 Å². The zero-order valence-electron chi connectivity index (χ0n) is 13.4. The van der Waals surface area contributed by atoms with E-state index in [0.29, 0.717) is 0 Å². The van der Waals surface area contributed by atoms with Crippen LogP contribution in [0.3, 0.4) is 0 Å². The Balaban J connectivity index is 2.85. The topological polar surface area (TPSA) is 57.7 Å². The summed E-state index contributed by atoms with van der Waals surface area (Å²) < 4.78 is 26.8. The van der Waals surface area contributed by atoms with Crippen molar-refractivity contribution in [3.8, 4) is 0 Å². The summed E-state index contributed by atoms with van der Waals surface area (Å²) in [6, 6.07) is 6.50. The molecule has 0 bridgehead atoms. The molecule has 0 spiro atoms. The predicted octanol–water partition coefficient (Wildman–Crippen LogP) is 2.72. The fourth-order valence-corrected chi connectivity index (χ4v) is 3.60. The first-order valence-corrected chi connectivity index (χ1v) is 9.44. The molecule has 0 aromatic heterocycles. The summed E-state index contributed by atoms with van der Waals surface area (Å²) in [5.41, 5.74) is 0. The van der Waals surface area contributed by atoms with Gasteiger partial charge >= 0.3 is 0 Å². The maximum absolute atomic E-state index is 12.5. The molecule has 1 aromatic rings. The van der Waals surface area contributed by atoms with Gasteiger partial charge in [0.1, 0.15) is 0 Å². The van der Waals surface area contributed by atoms with Crippen molar-refractivity contribution in [1.82, 2.24) is 9.21 Å². The number of likely N-dealkylation sites (N-methyl/N-ethyl adjacent to an activating group) is 2. The molecule has 1 aromatic carbocycles. The van der Waals surface area contributed by atoms with E-state index < -0.39 is 10.0 Å². The number of amides is 1. The van der Waals surface area contributed by atoms with E-state index in [1.807, 2.05) is 13.8 Å². The van der Waals surface area contributed by atoms with E-state index in [0.717, 1.165) is 21.6 Å². The summed E-state index contributed by atoms with van der Waals surface area (Å²) in [4.78, 5) is 14.1. The van der Waals surface area contributed by atoms with E-state index in [1.165, 1.54) is 19.2 Å². The molecule has 22 heavy (non-hydrogen) atoms. The van der Waals surface area contributed by atoms with Crippen LogP contribution >= 0.6 is 15.9 Å². The molecule has 1 rings (SSSR count). The molecule has 0 N–H and O–H groups in total. The second-order valence-electron chi connectivity index (χ2n) is 5.19. The van der Waals surface area contributed by atoms with Crippen molar-refractivity contribution in [1.29, 1.82) is 0 Å². The number of halogens is 1. The van der Waals surface area contributed by atoms with Crippen LogP contribution in [0.5, 0.6) is 0 Å². The van der Waals surface area contributed by atoms with Gasteiger partial charge in [0, 0.05) is 24.6 Å². The van der Waals surface area contributed by atoms with Crippen LogP contribution in [0.15, 0.2) is 33.6 Å². The van der Waals surface area contributed by atoms with Gasteiger partial charge in [0.2, 0.25) is 15.9 Å². The monoisotopic (exact) mass is 390 g/mol. The number of hydrogen-bond acceptors (Lipinski definition) is 3. The largest absolute Gasteiger partial charge is 0.342 e. The van der Waals surface area contributed by atoms with Crippen molar-refractivity contribution in [2.75, 3.05) is 20.6 Å². The van der Waals surface area contributed by atoms with E-state index in [1.54, 1.807) is 24.1 Å². The van der Waals surface area contributed by atoms with E-state index in [4.69, 9.17) is 0 Å². The summed E-state index contributed by atoms with van der Waals surface area (Å²) in [6.07, 6.45) is 1.70. The Bertz CT molecular complexity index is 598. The average molecular weight is 391 g/mol. The van der Waals surface area contributed by atoms with Crippen LogP contribution < -0.4 is 0 Å². The second kappa shape index (κ2) is 8.08. The number of carbonyl (C=O) groups excluding carboxylic acids is 1. The molecule has 0 fully saturated rings. The Labute approximate surface area is 141 Å². The van der Waals surface area contributed by atoms with E-state index >= 15 is 0 Å². The molecule has 5 nitrogen and oxygen atoms in total. The third-order valence-electron chi connectivity index (χ3n) is 3.76. The zero-order valence-corrected chi connectivity index (χ0v) is 15.8. The van der Waals surface area contributed by atoms with Gasteiger partial charge in [-0.25, -0.2) is 8.42 Å². The normalized spacial score (nSPS) is 12.0. The van der Waals surface area contributed by atoms with Crippen molar-refractivity contribution in [3.63, 3.8) is 0 Å². The lowest BCUT2D eigenvalue weighted by Crippen LogP contribution is -2.43. The Morgan fingerprint density at radius 3 is 2.09 bits per heavy atom. The molecular formula is C15H23BrN2O3S. The smallest absolute Gasteiger partial charge is 0.243 e. The van der Waals surface area contributed by atoms with Gasteiger partial charge in [-0.3, -0.25) is 4.79 Å². The van der Waals surface area contributed by atoms with Crippen LogP contribution in [-0.2, 0) is 14.8 Å². The molecule has 124 valence electrons. The summed E-state index contributed by atoms with van der Waals surface area (Å²) in [5, 5.41) is 0. The minimum atomic E-state index is -3.66. The highest BCUT2D eigenvalue weighted by Gasteiger charge is 2.25. The third kappa shape index (κ3) is 4.54. The fraction of sp³-hybridized carbons (Fsp3) is 0.533. The summed E-state index contributed by atoms with van der Waals surface area (Å²) in [7, 11) is -0.510. The van der Waals surface area contributed by atoms with Gasteiger partial charge in [0.05, 0.1) is 11.4 Å². The molecule has 1 amide bonds. The van der Waals surface area contributed by atoms with Crippen LogP contribution in [0.1, 0.15) is 26.7 Å².